The second kappa shape index (κ2) is 11.7. The molecule has 0 radical (unpaired) electrons. The molecule has 0 fully saturated rings. The van der Waals surface area contributed by atoms with Gasteiger partial charge in [-0.05, 0) is 25.0 Å². The lowest BCUT2D eigenvalue weighted by Crippen LogP contribution is -2.46. The lowest BCUT2D eigenvalue weighted by molar-refractivity contribution is -0.170. The first-order valence-electron chi connectivity index (χ1n) is 9.93. The van der Waals surface area contributed by atoms with E-state index in [1.807, 2.05) is 32.1 Å². The van der Waals surface area contributed by atoms with E-state index in [1.54, 1.807) is 30.5 Å². The summed E-state index contributed by atoms with van der Waals surface area (Å²) in [4.78, 5) is 39.0. The van der Waals surface area contributed by atoms with E-state index in [2.05, 4.69) is 15.3 Å². The summed E-state index contributed by atoms with van der Waals surface area (Å²) in [5.41, 5.74) is 1.61. The molecule has 8 nitrogen and oxygen atoms in total. The minimum absolute atomic E-state index is 0.257. The predicted octanol–water partition coefficient (Wildman–Crippen LogP) is 3.02. The molecule has 1 aromatic heterocycles. The summed E-state index contributed by atoms with van der Waals surface area (Å²) in [6.45, 7) is 4.41. The first-order valence-corrected chi connectivity index (χ1v) is 9.93. The maximum absolute atomic E-state index is 13.0. The zero-order valence-corrected chi connectivity index (χ0v) is 17.8. The van der Waals surface area contributed by atoms with E-state index in [9.17, 15) is 9.59 Å². The summed E-state index contributed by atoms with van der Waals surface area (Å²) >= 11 is 0. The van der Waals surface area contributed by atoms with Crippen LogP contribution in [0.1, 0.15) is 37.0 Å². The first kappa shape index (κ1) is 23.0. The van der Waals surface area contributed by atoms with Crippen molar-refractivity contribution in [1.29, 1.82) is 0 Å². The second-order valence-corrected chi connectivity index (χ2v) is 6.16. The monoisotopic (exact) mass is 412 g/mol. The molecule has 1 aromatic carbocycles. The van der Waals surface area contributed by atoms with Crippen molar-refractivity contribution >= 4 is 11.8 Å². The lowest BCUT2D eigenvalue weighted by Gasteiger charge is -2.22. The molecule has 8 heteroatoms. The highest BCUT2D eigenvalue weighted by Gasteiger charge is 2.25. The van der Waals surface area contributed by atoms with Crippen LogP contribution in [0.4, 0.5) is 0 Å². The maximum Gasteiger partial charge on any atom is 0.316 e. The van der Waals surface area contributed by atoms with Crippen molar-refractivity contribution in [2.24, 2.45) is 0 Å². The van der Waals surface area contributed by atoms with Crippen LogP contribution < -0.4 is 10.1 Å². The van der Waals surface area contributed by atoms with Gasteiger partial charge in [-0.3, -0.25) is 14.4 Å². The van der Waals surface area contributed by atoms with Gasteiger partial charge in [0.2, 0.25) is 0 Å². The highest BCUT2D eigenvalue weighted by Crippen LogP contribution is 2.23. The fourth-order valence-corrected chi connectivity index (χ4v) is 2.80. The van der Waals surface area contributed by atoms with Crippen LogP contribution in [0.15, 0.2) is 48.7 Å². The molecule has 1 aliphatic heterocycles. The highest BCUT2D eigenvalue weighted by atomic mass is 16.7. The Hall–Kier alpha value is -3.26. The zero-order valence-electron chi connectivity index (χ0n) is 17.8. The Morgan fingerprint density at radius 2 is 1.93 bits per heavy atom. The van der Waals surface area contributed by atoms with Gasteiger partial charge in [0.05, 0.1) is 19.4 Å². The first-order chi connectivity index (χ1) is 14.6. The van der Waals surface area contributed by atoms with Crippen LogP contribution in [0.5, 0.6) is 6.01 Å². The van der Waals surface area contributed by atoms with Crippen LogP contribution >= 0.6 is 0 Å². The molecule has 1 aliphatic rings. The van der Waals surface area contributed by atoms with Gasteiger partial charge < -0.3 is 10.1 Å². The Bertz CT molecular complexity index is 885. The third kappa shape index (κ3) is 5.87. The number of fused-ring (bicyclic) bond motifs is 4. The number of hydrogen-bond acceptors (Lipinski definition) is 6. The average Bonchev–Trinajstić information content (AvgIpc) is 2.80. The quantitative estimate of drug-likeness (QED) is 0.602. The van der Waals surface area contributed by atoms with E-state index in [-0.39, 0.29) is 17.8 Å². The normalized spacial score (nSPS) is 17.1. The summed E-state index contributed by atoms with van der Waals surface area (Å²) < 4.78 is 5.59. The fraction of sp³-hybridized carbons (Fsp3) is 0.364. The molecule has 0 spiro atoms. The fourth-order valence-electron chi connectivity index (χ4n) is 2.80. The van der Waals surface area contributed by atoms with Gasteiger partial charge >= 0.3 is 6.01 Å². The third-order valence-electron chi connectivity index (χ3n) is 4.32. The molecule has 2 heterocycles. The van der Waals surface area contributed by atoms with Gasteiger partial charge in [-0.15, -0.1) is 0 Å². The SMILES string of the molecule is CC.CON(C)C(=O)C1C/C=C\CCOc2nccc(n2)-c2ccccc2C(=O)N1. The third-order valence-corrected chi connectivity index (χ3v) is 4.32. The number of hydroxylamine groups is 2. The van der Waals surface area contributed by atoms with E-state index in [0.29, 0.717) is 36.3 Å². The zero-order chi connectivity index (χ0) is 21.9. The van der Waals surface area contributed by atoms with Crippen molar-refractivity contribution < 1.29 is 19.2 Å². The molecule has 2 amide bonds. The molecule has 1 unspecified atom stereocenters. The Labute approximate surface area is 176 Å². The Kier molecular flexibility index (Phi) is 8.96. The van der Waals surface area contributed by atoms with Gasteiger partial charge in [-0.2, -0.15) is 4.98 Å². The molecule has 1 atom stereocenters. The number of ether oxygens (including phenoxy) is 1. The average molecular weight is 412 g/mol. The van der Waals surface area contributed by atoms with Crippen LogP contribution in [-0.2, 0) is 9.63 Å². The summed E-state index contributed by atoms with van der Waals surface area (Å²) in [6.07, 6.45) is 6.28. The largest absolute Gasteiger partial charge is 0.463 e. The van der Waals surface area contributed by atoms with Gasteiger partial charge in [0, 0.05) is 24.4 Å². The Balaban J connectivity index is 0.00000155. The van der Waals surface area contributed by atoms with Gasteiger partial charge in [-0.1, -0.05) is 44.2 Å². The number of benzene rings is 1. The molecule has 160 valence electrons. The van der Waals surface area contributed by atoms with Crippen LogP contribution in [0.2, 0.25) is 0 Å². The number of carbonyl (C=O) groups excluding carboxylic acids is 2. The molecule has 0 saturated heterocycles. The molecule has 30 heavy (non-hydrogen) atoms. The summed E-state index contributed by atoms with van der Waals surface area (Å²) in [5.74, 6) is -0.712. The molecule has 0 saturated carbocycles. The smallest absolute Gasteiger partial charge is 0.316 e. The van der Waals surface area contributed by atoms with Crippen LogP contribution in [0.3, 0.4) is 0 Å². The van der Waals surface area contributed by atoms with Crippen molar-refractivity contribution in [2.75, 3.05) is 20.8 Å². The van der Waals surface area contributed by atoms with E-state index in [4.69, 9.17) is 9.57 Å². The predicted molar refractivity (Wildman–Crippen MR) is 114 cm³/mol. The van der Waals surface area contributed by atoms with Gasteiger partial charge in [0.15, 0.2) is 0 Å². The number of nitrogens with zero attached hydrogens (tertiary/aromatic N) is 3. The molecular weight excluding hydrogens is 384 g/mol. The molecule has 2 aromatic rings. The minimum Gasteiger partial charge on any atom is -0.463 e. The molecule has 0 aliphatic carbocycles. The van der Waals surface area contributed by atoms with E-state index in [1.165, 1.54) is 14.2 Å². The lowest BCUT2D eigenvalue weighted by atomic mass is 10.0. The topological polar surface area (TPSA) is 93.7 Å². The van der Waals surface area contributed by atoms with Crippen molar-refractivity contribution in [3.05, 3.63) is 54.2 Å². The number of carbonyl (C=O) groups is 2. The summed E-state index contributed by atoms with van der Waals surface area (Å²) in [5, 5.41) is 3.92. The summed E-state index contributed by atoms with van der Waals surface area (Å²) in [7, 11) is 2.91. The van der Waals surface area contributed by atoms with Crippen molar-refractivity contribution in [3.8, 4) is 17.3 Å². The summed E-state index contributed by atoms with van der Waals surface area (Å²) in [6, 6.07) is 8.28. The van der Waals surface area contributed by atoms with Crippen LogP contribution in [-0.4, -0.2) is 53.7 Å². The van der Waals surface area contributed by atoms with E-state index in [0.717, 1.165) is 5.06 Å². The van der Waals surface area contributed by atoms with Gasteiger partial charge in [0.25, 0.3) is 11.8 Å². The Morgan fingerprint density at radius 1 is 1.20 bits per heavy atom. The highest BCUT2D eigenvalue weighted by molar-refractivity contribution is 6.02. The van der Waals surface area contributed by atoms with Crippen molar-refractivity contribution in [3.63, 3.8) is 0 Å². The number of amides is 2. The number of nitrogens with one attached hydrogen (secondary N) is 1. The van der Waals surface area contributed by atoms with Crippen LogP contribution in [0.25, 0.3) is 11.3 Å². The van der Waals surface area contributed by atoms with Gasteiger partial charge in [-0.25, -0.2) is 10.0 Å². The molecular formula is C22H28N4O4. The van der Waals surface area contributed by atoms with E-state index >= 15 is 0 Å². The molecule has 3 rings (SSSR count). The van der Waals surface area contributed by atoms with Crippen LogP contribution in [0, 0.1) is 0 Å². The maximum atomic E-state index is 13.0. The minimum atomic E-state index is -0.758. The van der Waals surface area contributed by atoms with Crippen molar-refractivity contribution in [1.82, 2.24) is 20.3 Å². The van der Waals surface area contributed by atoms with E-state index < -0.39 is 6.04 Å². The standard InChI is InChI=1S/C20H22N4O4.C2H6/c1-24(27-2)19(26)17-10-4-3-7-13-28-20-21-12-11-16(23-20)14-8-5-6-9-15(14)18(25)22-17;1-2/h3-6,8-9,11-12,17H,7,10,13H2,1-2H3,(H,22,25);1-2H3/b4-3-;. The number of rotatable bonds is 2. The number of likely N-dealkylation sites (N-methyl/N-ethyl adjacent to an activating group) is 1. The molecule has 2 bridgehead atoms. The molecule has 1 N–H and O–H groups in total. The van der Waals surface area contributed by atoms with Crippen molar-refractivity contribution in [2.45, 2.75) is 32.7 Å². The number of aromatic nitrogens is 2. The second-order valence-electron chi connectivity index (χ2n) is 6.16. The Morgan fingerprint density at radius 3 is 2.67 bits per heavy atom. The van der Waals surface area contributed by atoms with Gasteiger partial charge in [0.1, 0.15) is 6.04 Å². The number of hydrogen-bond donors (Lipinski definition) is 1.